The first kappa shape index (κ1) is 19.0. The number of rotatable bonds is 4. The summed E-state index contributed by atoms with van der Waals surface area (Å²) in [6.45, 7) is 2.33. The highest BCUT2D eigenvalue weighted by Crippen LogP contribution is 2.21. The molecule has 0 aromatic rings. The van der Waals surface area contributed by atoms with Crippen molar-refractivity contribution in [2.24, 2.45) is 0 Å². The molecule has 0 saturated carbocycles. The largest absolute Gasteiger partial charge is 0.389 e. The number of halogens is 4. The number of alkyl halides is 3. The van der Waals surface area contributed by atoms with Crippen LogP contribution in [-0.4, -0.2) is 67.6 Å². The van der Waals surface area contributed by atoms with Crippen molar-refractivity contribution in [3.05, 3.63) is 0 Å². The number of nitrogens with zero attached hydrogens (tertiary/aromatic N) is 2. The molecule has 1 saturated heterocycles. The van der Waals surface area contributed by atoms with Crippen molar-refractivity contribution in [3.63, 3.8) is 0 Å². The highest BCUT2D eigenvalue weighted by molar-refractivity contribution is 5.85. The van der Waals surface area contributed by atoms with Crippen LogP contribution in [-0.2, 0) is 9.59 Å². The number of likely N-dealkylation sites (N-methyl/N-ethyl adjacent to an activating group) is 1. The van der Waals surface area contributed by atoms with E-state index in [0.29, 0.717) is 26.2 Å². The van der Waals surface area contributed by atoms with Crippen LogP contribution >= 0.6 is 12.4 Å². The summed E-state index contributed by atoms with van der Waals surface area (Å²) in [5.74, 6) is -0.898. The smallest absolute Gasteiger partial charge is 0.339 e. The van der Waals surface area contributed by atoms with E-state index in [1.807, 2.05) is 0 Å². The quantitative estimate of drug-likeness (QED) is 0.828. The lowest BCUT2D eigenvalue weighted by Crippen LogP contribution is -2.49. The minimum Gasteiger partial charge on any atom is -0.339 e. The third kappa shape index (κ3) is 6.95. The second kappa shape index (κ2) is 8.31. The molecule has 0 atom stereocenters. The molecule has 0 aliphatic carbocycles. The predicted octanol–water partition coefficient (Wildman–Crippen LogP) is 0.641. The predicted molar refractivity (Wildman–Crippen MR) is 69.6 cm³/mol. The Kier molecular flexibility index (Phi) is 7.88. The van der Waals surface area contributed by atoms with Crippen LogP contribution in [0.2, 0.25) is 0 Å². The molecule has 0 unspecified atom stereocenters. The van der Waals surface area contributed by atoms with E-state index in [2.05, 4.69) is 5.32 Å². The van der Waals surface area contributed by atoms with Gasteiger partial charge in [-0.3, -0.25) is 9.59 Å². The number of piperazine rings is 1. The summed E-state index contributed by atoms with van der Waals surface area (Å²) in [7, 11) is 1.35. The molecule has 1 aliphatic heterocycles. The number of amides is 2. The summed E-state index contributed by atoms with van der Waals surface area (Å²) in [5.41, 5.74) is 0. The Morgan fingerprint density at radius 2 is 1.80 bits per heavy atom. The second-order valence-electron chi connectivity index (χ2n) is 4.50. The summed E-state index contributed by atoms with van der Waals surface area (Å²) >= 11 is 0. The van der Waals surface area contributed by atoms with Gasteiger partial charge >= 0.3 is 6.18 Å². The van der Waals surface area contributed by atoms with Gasteiger partial charge in [0.1, 0.15) is 0 Å². The molecule has 0 bridgehead atoms. The van der Waals surface area contributed by atoms with Crippen LogP contribution in [0, 0.1) is 0 Å². The second-order valence-corrected chi connectivity index (χ2v) is 4.50. The van der Waals surface area contributed by atoms with Crippen molar-refractivity contribution in [1.29, 1.82) is 0 Å². The van der Waals surface area contributed by atoms with Gasteiger partial charge in [-0.25, -0.2) is 0 Å². The Morgan fingerprint density at radius 3 is 2.30 bits per heavy atom. The third-order valence-electron chi connectivity index (χ3n) is 2.89. The van der Waals surface area contributed by atoms with Crippen LogP contribution in [0.5, 0.6) is 0 Å². The fraction of sp³-hybridized carbons (Fsp3) is 0.818. The zero-order valence-electron chi connectivity index (χ0n) is 11.2. The van der Waals surface area contributed by atoms with Crippen molar-refractivity contribution in [2.75, 3.05) is 39.8 Å². The van der Waals surface area contributed by atoms with Crippen LogP contribution in [0.1, 0.15) is 12.8 Å². The SMILES string of the molecule is CN(CC(=O)N1CCNCC1)C(=O)CCC(F)(F)F.Cl. The number of carbonyl (C=O) groups excluding carboxylic acids is 2. The minimum atomic E-state index is -4.35. The van der Waals surface area contributed by atoms with Crippen molar-refractivity contribution in [3.8, 4) is 0 Å². The maximum atomic E-state index is 12.0. The van der Waals surface area contributed by atoms with E-state index >= 15 is 0 Å². The Hall–Kier alpha value is -1.02. The fourth-order valence-electron chi connectivity index (χ4n) is 1.74. The van der Waals surface area contributed by atoms with Gasteiger partial charge in [-0.05, 0) is 0 Å². The fourth-order valence-corrected chi connectivity index (χ4v) is 1.74. The third-order valence-corrected chi connectivity index (χ3v) is 2.89. The van der Waals surface area contributed by atoms with E-state index in [1.165, 1.54) is 7.05 Å². The van der Waals surface area contributed by atoms with Crippen LogP contribution < -0.4 is 5.32 Å². The molecule has 0 aromatic carbocycles. The lowest BCUT2D eigenvalue weighted by atomic mass is 10.2. The average Bonchev–Trinajstić information content (AvgIpc) is 2.36. The molecular weight excluding hydrogens is 299 g/mol. The Morgan fingerprint density at radius 1 is 1.25 bits per heavy atom. The normalized spacial score (nSPS) is 15.5. The summed E-state index contributed by atoms with van der Waals surface area (Å²) < 4.78 is 35.9. The highest BCUT2D eigenvalue weighted by atomic mass is 35.5. The maximum Gasteiger partial charge on any atom is 0.389 e. The van der Waals surface area contributed by atoms with Crippen LogP contribution in [0.4, 0.5) is 13.2 Å². The number of hydrogen-bond acceptors (Lipinski definition) is 3. The zero-order chi connectivity index (χ0) is 14.5. The first-order valence-electron chi connectivity index (χ1n) is 6.09. The topological polar surface area (TPSA) is 52.7 Å². The van der Waals surface area contributed by atoms with E-state index in [0.717, 1.165) is 4.90 Å². The molecule has 1 fully saturated rings. The van der Waals surface area contributed by atoms with Crippen LogP contribution in [0.3, 0.4) is 0 Å². The van der Waals surface area contributed by atoms with Gasteiger partial charge in [-0.2, -0.15) is 13.2 Å². The van der Waals surface area contributed by atoms with Crippen LogP contribution in [0.15, 0.2) is 0 Å². The molecular formula is C11H19ClF3N3O2. The standard InChI is InChI=1S/C11H18F3N3O2.ClH/c1-16(9(18)2-3-11(12,13)14)8-10(19)17-6-4-15-5-7-17;/h15H,2-8H2,1H3;1H. The van der Waals surface area contributed by atoms with Gasteiger partial charge in [0, 0.05) is 39.6 Å². The van der Waals surface area contributed by atoms with Gasteiger partial charge in [0.25, 0.3) is 0 Å². The average molecular weight is 318 g/mol. The molecule has 5 nitrogen and oxygen atoms in total. The molecule has 2 amide bonds. The van der Waals surface area contributed by atoms with Gasteiger partial charge in [0.2, 0.25) is 11.8 Å². The highest BCUT2D eigenvalue weighted by Gasteiger charge is 2.29. The molecule has 9 heteroatoms. The van der Waals surface area contributed by atoms with E-state index in [9.17, 15) is 22.8 Å². The van der Waals surface area contributed by atoms with Crippen LogP contribution in [0.25, 0.3) is 0 Å². The molecule has 0 aromatic heterocycles. The van der Waals surface area contributed by atoms with Gasteiger partial charge in [0.05, 0.1) is 13.0 Å². The first-order valence-corrected chi connectivity index (χ1v) is 6.09. The van der Waals surface area contributed by atoms with Crippen molar-refractivity contribution >= 4 is 24.2 Å². The van der Waals surface area contributed by atoms with Crippen molar-refractivity contribution < 1.29 is 22.8 Å². The number of carbonyl (C=O) groups is 2. The monoisotopic (exact) mass is 317 g/mol. The minimum absolute atomic E-state index is 0. The lowest BCUT2D eigenvalue weighted by Gasteiger charge is -2.29. The van der Waals surface area contributed by atoms with Gasteiger partial charge in [0.15, 0.2) is 0 Å². The van der Waals surface area contributed by atoms with E-state index in [-0.39, 0.29) is 24.9 Å². The van der Waals surface area contributed by atoms with Gasteiger partial charge in [-0.15, -0.1) is 12.4 Å². The van der Waals surface area contributed by atoms with E-state index in [1.54, 1.807) is 4.90 Å². The lowest BCUT2D eigenvalue weighted by molar-refractivity contribution is -0.150. The summed E-state index contributed by atoms with van der Waals surface area (Å²) in [6.07, 6.45) is -6.12. The molecule has 0 radical (unpaired) electrons. The Bertz CT molecular complexity index is 333. The molecule has 0 spiro atoms. The number of nitrogens with one attached hydrogen (secondary N) is 1. The van der Waals surface area contributed by atoms with E-state index < -0.39 is 24.9 Å². The zero-order valence-corrected chi connectivity index (χ0v) is 12.0. The van der Waals surface area contributed by atoms with Crippen molar-refractivity contribution in [2.45, 2.75) is 19.0 Å². The molecule has 1 N–H and O–H groups in total. The van der Waals surface area contributed by atoms with Gasteiger partial charge < -0.3 is 15.1 Å². The van der Waals surface area contributed by atoms with Gasteiger partial charge in [-0.1, -0.05) is 0 Å². The molecule has 1 heterocycles. The first-order chi connectivity index (χ1) is 8.79. The Labute approximate surface area is 121 Å². The summed E-state index contributed by atoms with van der Waals surface area (Å²) in [6, 6.07) is 0. The Balaban J connectivity index is 0.00000361. The summed E-state index contributed by atoms with van der Waals surface area (Å²) in [4.78, 5) is 25.9. The molecule has 1 aliphatic rings. The number of hydrogen-bond donors (Lipinski definition) is 1. The maximum absolute atomic E-state index is 12.0. The molecule has 20 heavy (non-hydrogen) atoms. The molecule has 1 rings (SSSR count). The summed E-state index contributed by atoms with van der Waals surface area (Å²) in [5, 5.41) is 3.08. The van der Waals surface area contributed by atoms with E-state index in [4.69, 9.17) is 0 Å². The molecule has 118 valence electrons. The van der Waals surface area contributed by atoms with Crippen molar-refractivity contribution in [1.82, 2.24) is 15.1 Å².